The number of aldehydes is 1. The predicted molar refractivity (Wildman–Crippen MR) is 122 cm³/mol. The molecule has 2 aliphatic carbocycles. The van der Waals surface area contributed by atoms with Crippen LogP contribution in [0, 0.1) is 23.2 Å². The molecule has 2 N–H and O–H groups in total. The zero-order chi connectivity index (χ0) is 24.4. The lowest BCUT2D eigenvalue weighted by molar-refractivity contribution is -0.123. The van der Waals surface area contributed by atoms with Gasteiger partial charge in [0, 0.05) is 30.8 Å². The molecule has 0 spiro atoms. The average molecular weight is 467 g/mol. The Bertz CT molecular complexity index is 1150. The van der Waals surface area contributed by atoms with E-state index in [1.807, 2.05) is 6.92 Å². The molecule has 2 amide bonds. The van der Waals surface area contributed by atoms with E-state index in [0.717, 1.165) is 30.4 Å². The summed E-state index contributed by atoms with van der Waals surface area (Å²) in [5.74, 6) is -0.723. The Labute approximate surface area is 196 Å². The van der Waals surface area contributed by atoms with Crippen LogP contribution in [0.25, 0.3) is 11.3 Å². The maximum atomic E-state index is 13.0. The summed E-state index contributed by atoms with van der Waals surface area (Å²) >= 11 is 0. The van der Waals surface area contributed by atoms with Gasteiger partial charge in [0.2, 0.25) is 5.91 Å². The predicted octanol–water partition coefficient (Wildman–Crippen LogP) is 2.51. The highest BCUT2D eigenvalue weighted by atomic mass is 19.1. The van der Waals surface area contributed by atoms with Crippen LogP contribution in [0.2, 0.25) is 0 Å². The van der Waals surface area contributed by atoms with Crippen molar-refractivity contribution in [2.75, 3.05) is 25.6 Å². The van der Waals surface area contributed by atoms with Gasteiger partial charge < -0.3 is 20.3 Å². The maximum absolute atomic E-state index is 13.0. The van der Waals surface area contributed by atoms with E-state index in [-0.39, 0.29) is 30.9 Å². The number of anilines is 1. The highest BCUT2D eigenvalue weighted by Gasteiger charge is 2.44. The molecule has 34 heavy (non-hydrogen) atoms. The van der Waals surface area contributed by atoms with Crippen molar-refractivity contribution in [3.63, 3.8) is 0 Å². The molecule has 1 aliphatic heterocycles. The van der Waals surface area contributed by atoms with Gasteiger partial charge in [0.25, 0.3) is 5.91 Å². The van der Waals surface area contributed by atoms with Crippen LogP contribution in [0.1, 0.15) is 48.3 Å². The molecule has 1 aromatic heterocycles. The summed E-state index contributed by atoms with van der Waals surface area (Å²) in [5, 5.41) is 19.4. The zero-order valence-electron chi connectivity index (χ0n) is 19.1. The fourth-order valence-corrected chi connectivity index (χ4v) is 3.82. The van der Waals surface area contributed by atoms with Crippen LogP contribution in [0.15, 0.2) is 24.3 Å². The van der Waals surface area contributed by atoms with E-state index in [1.54, 1.807) is 36.0 Å². The number of alkyl halides is 1. The average Bonchev–Trinajstić information content (AvgIpc) is 3.77. The van der Waals surface area contributed by atoms with Gasteiger partial charge in [0.15, 0.2) is 0 Å². The van der Waals surface area contributed by atoms with E-state index in [9.17, 15) is 18.8 Å². The number of hydrogen-bond acceptors (Lipinski definition) is 6. The number of nitriles is 1. The van der Waals surface area contributed by atoms with E-state index in [1.165, 1.54) is 4.90 Å². The topological polar surface area (TPSA) is 120 Å². The molecular weight excluding hydrogens is 439 g/mol. The summed E-state index contributed by atoms with van der Waals surface area (Å²) in [6.07, 6.45) is 2.50. The molecule has 10 heteroatoms. The van der Waals surface area contributed by atoms with E-state index < -0.39 is 12.1 Å². The Morgan fingerprint density at radius 1 is 1.35 bits per heavy atom. The lowest BCUT2D eigenvalue weighted by atomic mass is 10.1. The van der Waals surface area contributed by atoms with E-state index >= 15 is 0 Å². The fraction of sp³-hybridized carbons (Fsp3) is 0.458. The minimum absolute atomic E-state index is 0.0460. The Kier molecular flexibility index (Phi) is 6.63. The summed E-state index contributed by atoms with van der Waals surface area (Å²) in [7, 11) is 1.76. The molecule has 0 saturated heterocycles. The minimum atomic E-state index is -1.07. The van der Waals surface area contributed by atoms with E-state index in [2.05, 4.69) is 21.8 Å². The van der Waals surface area contributed by atoms with Gasteiger partial charge >= 0.3 is 0 Å². The molecule has 2 aromatic rings. The molecule has 3 aliphatic rings. The summed E-state index contributed by atoms with van der Waals surface area (Å²) in [5.41, 5.74) is 3.11. The molecule has 1 aromatic carbocycles. The van der Waals surface area contributed by atoms with Crippen LogP contribution in [-0.4, -0.2) is 59.2 Å². The largest absolute Gasteiger partial charge is 0.388 e. The summed E-state index contributed by atoms with van der Waals surface area (Å²) in [6.45, 7) is 2.38. The number of aromatic nitrogens is 2. The highest BCUT2D eigenvalue weighted by Crippen LogP contribution is 2.34. The summed E-state index contributed by atoms with van der Waals surface area (Å²) in [4.78, 5) is 35.9. The third-order valence-electron chi connectivity index (χ3n) is 6.15. The highest BCUT2D eigenvalue weighted by molar-refractivity contribution is 5.95. The maximum Gasteiger partial charge on any atom is 0.273 e. The second-order valence-electron chi connectivity index (χ2n) is 8.89. The molecule has 2 fully saturated rings. The quantitative estimate of drug-likeness (QED) is 0.631. The number of rotatable bonds is 6. The molecule has 5 rings (SSSR count). The Balaban J connectivity index is 0.000000486. The number of fused-ring (bicyclic) bond motifs is 1. The van der Waals surface area contributed by atoms with Gasteiger partial charge in [-0.05, 0) is 50.5 Å². The zero-order valence-corrected chi connectivity index (χ0v) is 19.1. The van der Waals surface area contributed by atoms with Gasteiger partial charge in [-0.2, -0.15) is 10.4 Å². The second-order valence-corrected chi connectivity index (χ2v) is 8.89. The molecule has 9 nitrogen and oxygen atoms in total. The number of carbonyl (C=O) groups is 3. The number of hydrogen-bond donors (Lipinski definition) is 2. The SMILES string of the molecule is CNc1cc(C#N)ccc1-c1cc2n(n1)C(C)CN(CNC(=O)C1CC1F)C2=O.O=CC1CC1. The third-order valence-corrected chi connectivity index (χ3v) is 6.15. The number of halogens is 1. The number of amides is 2. The number of carbonyl (C=O) groups excluding carboxylic acids is 3. The first-order valence-electron chi connectivity index (χ1n) is 11.3. The summed E-state index contributed by atoms with van der Waals surface area (Å²) in [6, 6.07) is 8.97. The van der Waals surface area contributed by atoms with Crippen molar-refractivity contribution in [2.24, 2.45) is 11.8 Å². The van der Waals surface area contributed by atoms with Crippen molar-refractivity contribution in [3.05, 3.63) is 35.5 Å². The summed E-state index contributed by atoms with van der Waals surface area (Å²) < 4.78 is 14.7. The molecule has 2 saturated carbocycles. The second kappa shape index (κ2) is 9.63. The van der Waals surface area contributed by atoms with Gasteiger partial charge in [0.1, 0.15) is 18.2 Å². The molecule has 3 unspecified atom stereocenters. The molecule has 2 heterocycles. The number of nitrogens with one attached hydrogen (secondary N) is 2. The number of benzene rings is 1. The van der Waals surface area contributed by atoms with Gasteiger partial charge in [-0.25, -0.2) is 4.39 Å². The van der Waals surface area contributed by atoms with Crippen molar-refractivity contribution in [1.29, 1.82) is 5.26 Å². The number of nitrogens with zero attached hydrogens (tertiary/aromatic N) is 4. The molecule has 178 valence electrons. The smallest absolute Gasteiger partial charge is 0.273 e. The first-order chi connectivity index (χ1) is 16.4. The molecule has 3 atom stereocenters. The van der Waals surface area contributed by atoms with Crippen molar-refractivity contribution in [2.45, 2.75) is 38.4 Å². The van der Waals surface area contributed by atoms with E-state index in [4.69, 9.17) is 5.26 Å². The van der Waals surface area contributed by atoms with Crippen LogP contribution in [0.4, 0.5) is 10.1 Å². The standard InChI is InChI=1S/C20H21FN6O2.C4H6O/c1-11-9-26(10-24-19(28)14-6-15(14)21)20(29)18-7-17(25-27(11)18)13-4-3-12(8-22)5-16(13)23-2;5-3-4-1-2-4/h3-5,7,11,14-15,23H,6,9-10H2,1-2H3,(H,24,28);3-4H,1-2H2. The first kappa shape index (κ1) is 23.4. The van der Waals surface area contributed by atoms with Crippen molar-refractivity contribution >= 4 is 23.8 Å². The first-order valence-corrected chi connectivity index (χ1v) is 11.3. The van der Waals surface area contributed by atoms with Crippen molar-refractivity contribution in [1.82, 2.24) is 20.0 Å². The third kappa shape index (κ3) is 4.93. The van der Waals surface area contributed by atoms with E-state index in [0.29, 0.717) is 29.4 Å². The Morgan fingerprint density at radius 2 is 2.09 bits per heavy atom. The van der Waals surface area contributed by atoms with Crippen molar-refractivity contribution in [3.8, 4) is 17.3 Å². The Hall–Kier alpha value is -3.74. The van der Waals surface area contributed by atoms with Crippen LogP contribution < -0.4 is 10.6 Å². The molecular formula is C24H27FN6O3. The van der Waals surface area contributed by atoms with Crippen molar-refractivity contribution < 1.29 is 18.8 Å². The van der Waals surface area contributed by atoms with Gasteiger partial charge in [-0.1, -0.05) is 0 Å². The van der Waals surface area contributed by atoms with Crippen LogP contribution in [0.3, 0.4) is 0 Å². The normalized spacial score (nSPS) is 22.6. The van der Waals surface area contributed by atoms with Gasteiger partial charge in [0.05, 0.1) is 36.0 Å². The van der Waals surface area contributed by atoms with Gasteiger partial charge in [-0.3, -0.25) is 14.3 Å². The fourth-order valence-electron chi connectivity index (χ4n) is 3.82. The molecule has 0 radical (unpaired) electrons. The van der Waals surface area contributed by atoms with Gasteiger partial charge in [-0.15, -0.1) is 0 Å². The monoisotopic (exact) mass is 466 g/mol. The Morgan fingerprint density at radius 3 is 2.65 bits per heavy atom. The lowest BCUT2D eigenvalue weighted by Gasteiger charge is -2.31. The van der Waals surface area contributed by atoms with Crippen LogP contribution >= 0.6 is 0 Å². The van der Waals surface area contributed by atoms with Crippen LogP contribution in [-0.2, 0) is 9.59 Å². The van der Waals surface area contributed by atoms with Crippen LogP contribution in [0.5, 0.6) is 0 Å². The minimum Gasteiger partial charge on any atom is -0.388 e. The molecule has 0 bridgehead atoms. The lowest BCUT2D eigenvalue weighted by Crippen LogP contribution is -2.48.